The number of carbonyl (C=O) groups is 1. The van der Waals surface area contributed by atoms with Gasteiger partial charge >= 0.3 is 21.3 Å². The largest absolute Gasteiger partial charge is 0.458 e. The molecule has 0 aromatic carbocycles. The Kier molecular flexibility index (Phi) is 7.39. The first kappa shape index (κ1) is 27.2. The van der Waals surface area contributed by atoms with E-state index in [2.05, 4.69) is 25.5 Å². The molecule has 202 valence electrons. The van der Waals surface area contributed by atoms with E-state index in [9.17, 15) is 27.1 Å². The van der Waals surface area contributed by atoms with E-state index in [1.807, 2.05) is 0 Å². The monoisotopic (exact) mass is 520 g/mol. The van der Waals surface area contributed by atoms with Gasteiger partial charge in [0, 0.05) is 6.42 Å². The maximum absolute atomic E-state index is 13.3. The summed E-state index contributed by atoms with van der Waals surface area (Å²) in [6.07, 6.45) is 10.5. The van der Waals surface area contributed by atoms with Gasteiger partial charge in [0.1, 0.15) is 0 Å². The van der Waals surface area contributed by atoms with Crippen LogP contribution in [0.5, 0.6) is 0 Å². The third-order valence-corrected chi connectivity index (χ3v) is 11.9. The zero-order valence-corrected chi connectivity index (χ0v) is 22.0. The van der Waals surface area contributed by atoms with Gasteiger partial charge in [-0.25, -0.2) is 0 Å². The quantitative estimate of drug-likeness (QED) is 0.342. The van der Waals surface area contributed by atoms with Gasteiger partial charge in [0.05, 0.1) is 6.10 Å². The van der Waals surface area contributed by atoms with Gasteiger partial charge in [-0.3, -0.25) is 9.35 Å². The fourth-order valence-corrected chi connectivity index (χ4v) is 9.28. The Hall–Kier alpha value is -0.800. The van der Waals surface area contributed by atoms with Crippen molar-refractivity contribution in [3.8, 4) is 0 Å². The second kappa shape index (κ2) is 9.50. The molecule has 0 aliphatic heterocycles. The standard InChI is InChI=1S/C26H42F2O6S/c1-16(4-9-23(30)34-15-26(27,28)35(31,32)33)20-7-8-21-19-6-5-17-14-18(29)10-12-24(17,2)22(19)11-13-25(20,21)3/h16-22,29H,4-15H2,1-3H3,(H,31,32,33)/t16-,17-,18-,19+,20-,21+,22+,24+,25-/m1/s1. The van der Waals surface area contributed by atoms with E-state index >= 15 is 0 Å². The number of hydrogen-bond acceptors (Lipinski definition) is 5. The van der Waals surface area contributed by atoms with Gasteiger partial charge in [0.25, 0.3) is 0 Å². The number of aliphatic hydroxyl groups excluding tert-OH is 1. The molecule has 0 heterocycles. The predicted molar refractivity (Wildman–Crippen MR) is 127 cm³/mol. The van der Waals surface area contributed by atoms with E-state index in [1.165, 1.54) is 32.1 Å². The van der Waals surface area contributed by atoms with Gasteiger partial charge in [-0.05, 0) is 111 Å². The highest BCUT2D eigenvalue weighted by molar-refractivity contribution is 7.86. The topological polar surface area (TPSA) is 101 Å². The Morgan fingerprint density at radius 3 is 2.40 bits per heavy atom. The summed E-state index contributed by atoms with van der Waals surface area (Å²) in [6, 6.07) is 0. The molecular formula is C26H42F2O6S. The van der Waals surface area contributed by atoms with Gasteiger partial charge < -0.3 is 9.84 Å². The average molecular weight is 521 g/mol. The molecule has 0 bridgehead atoms. The van der Waals surface area contributed by atoms with Gasteiger partial charge in [-0.15, -0.1) is 0 Å². The molecule has 0 spiro atoms. The van der Waals surface area contributed by atoms with Crippen LogP contribution in [0.3, 0.4) is 0 Å². The number of halogens is 2. The highest BCUT2D eigenvalue weighted by atomic mass is 32.2. The molecule has 35 heavy (non-hydrogen) atoms. The van der Waals surface area contributed by atoms with E-state index in [-0.39, 0.29) is 23.9 Å². The number of carbonyl (C=O) groups excluding carboxylic acids is 1. The molecule has 6 nitrogen and oxygen atoms in total. The third-order valence-electron chi connectivity index (χ3n) is 11.0. The minimum atomic E-state index is -5.61. The normalized spacial score (nSPS) is 42.5. The molecule has 4 rings (SSSR count). The molecule has 4 aliphatic rings. The van der Waals surface area contributed by atoms with E-state index in [0.717, 1.165) is 37.5 Å². The lowest BCUT2D eigenvalue weighted by molar-refractivity contribution is -0.150. The van der Waals surface area contributed by atoms with Crippen LogP contribution in [0.25, 0.3) is 0 Å². The highest BCUT2D eigenvalue weighted by Crippen LogP contribution is 2.68. The van der Waals surface area contributed by atoms with Gasteiger partial charge in [-0.2, -0.15) is 17.2 Å². The maximum atomic E-state index is 13.3. The Bertz CT molecular complexity index is 910. The molecule has 0 radical (unpaired) electrons. The summed E-state index contributed by atoms with van der Waals surface area (Å²) in [5.41, 5.74) is 0.543. The fraction of sp³-hybridized carbons (Fsp3) is 0.962. The molecule has 0 unspecified atom stereocenters. The molecule has 0 aromatic rings. The molecule has 0 saturated heterocycles. The molecule has 4 aliphatic carbocycles. The number of fused-ring (bicyclic) bond motifs is 5. The summed E-state index contributed by atoms with van der Waals surface area (Å²) in [4.78, 5) is 12.0. The summed E-state index contributed by atoms with van der Waals surface area (Å²) in [6.45, 7) is 5.37. The predicted octanol–water partition coefficient (Wildman–Crippen LogP) is 5.45. The Morgan fingerprint density at radius 2 is 1.71 bits per heavy atom. The SMILES string of the molecule is C[C@H](CCC(=O)OCC(F)(F)S(=O)(=O)O)[C@H]1CC[C@H]2[C@@H]3CC[C@@H]4C[C@H](O)CC[C@]4(C)[C@H]3CC[C@]12C. The number of rotatable bonds is 7. The van der Waals surface area contributed by atoms with E-state index < -0.39 is 27.9 Å². The van der Waals surface area contributed by atoms with E-state index in [1.54, 1.807) is 0 Å². The molecule has 2 N–H and O–H groups in total. The Labute approximate surface area is 208 Å². The second-order valence-corrected chi connectivity index (χ2v) is 14.1. The smallest absolute Gasteiger partial charge is 0.402 e. The van der Waals surface area contributed by atoms with Crippen LogP contribution in [-0.2, 0) is 19.6 Å². The van der Waals surface area contributed by atoms with Gasteiger partial charge in [0.2, 0.25) is 0 Å². The first-order chi connectivity index (χ1) is 16.2. The molecule has 0 aromatic heterocycles. The molecule has 4 saturated carbocycles. The summed E-state index contributed by atoms with van der Waals surface area (Å²) in [7, 11) is -5.61. The first-order valence-corrected chi connectivity index (χ1v) is 14.8. The van der Waals surface area contributed by atoms with Crippen molar-refractivity contribution in [3.05, 3.63) is 0 Å². The van der Waals surface area contributed by atoms with Crippen molar-refractivity contribution >= 4 is 16.1 Å². The van der Waals surface area contributed by atoms with E-state index in [4.69, 9.17) is 4.55 Å². The molecule has 4 fully saturated rings. The van der Waals surface area contributed by atoms with Crippen LogP contribution >= 0.6 is 0 Å². The number of alkyl halides is 2. The second-order valence-electron chi connectivity index (χ2n) is 12.6. The number of hydrogen-bond donors (Lipinski definition) is 2. The van der Waals surface area contributed by atoms with Crippen molar-refractivity contribution in [3.63, 3.8) is 0 Å². The number of ether oxygens (including phenoxy) is 1. The van der Waals surface area contributed by atoms with Crippen molar-refractivity contribution < 1.29 is 36.4 Å². The summed E-state index contributed by atoms with van der Waals surface area (Å²) in [5, 5.41) is 5.74. The van der Waals surface area contributed by atoms with Crippen molar-refractivity contribution in [1.82, 2.24) is 0 Å². The molecule has 9 heteroatoms. The van der Waals surface area contributed by atoms with Crippen LogP contribution in [0, 0.1) is 46.3 Å². The number of aliphatic hydroxyl groups is 1. The zero-order chi connectivity index (χ0) is 25.8. The van der Waals surface area contributed by atoms with Crippen molar-refractivity contribution in [2.75, 3.05) is 6.61 Å². The molecule has 0 amide bonds. The van der Waals surface area contributed by atoms with Gasteiger partial charge in [-0.1, -0.05) is 20.8 Å². The van der Waals surface area contributed by atoms with Crippen molar-refractivity contribution in [2.24, 2.45) is 46.3 Å². The summed E-state index contributed by atoms with van der Waals surface area (Å²) >= 11 is 0. The molecular weight excluding hydrogens is 478 g/mol. The van der Waals surface area contributed by atoms with Crippen LogP contribution in [-0.4, -0.2) is 42.0 Å². The Balaban J connectivity index is 1.35. The van der Waals surface area contributed by atoms with Crippen LogP contribution in [0.4, 0.5) is 8.78 Å². The van der Waals surface area contributed by atoms with Crippen molar-refractivity contribution in [2.45, 2.75) is 103 Å². The average Bonchev–Trinajstić information content (AvgIpc) is 3.13. The number of esters is 1. The fourth-order valence-electron chi connectivity index (χ4n) is 9.07. The van der Waals surface area contributed by atoms with Crippen LogP contribution in [0.1, 0.15) is 91.4 Å². The summed E-state index contributed by atoms with van der Waals surface area (Å²) < 4.78 is 61.1. The highest BCUT2D eigenvalue weighted by Gasteiger charge is 2.60. The van der Waals surface area contributed by atoms with Crippen LogP contribution < -0.4 is 0 Å². The minimum absolute atomic E-state index is 0.0475. The maximum Gasteiger partial charge on any atom is 0.402 e. The third kappa shape index (κ3) is 4.90. The van der Waals surface area contributed by atoms with Crippen LogP contribution in [0.15, 0.2) is 0 Å². The minimum Gasteiger partial charge on any atom is -0.458 e. The van der Waals surface area contributed by atoms with Gasteiger partial charge in [0.15, 0.2) is 6.61 Å². The lowest BCUT2D eigenvalue weighted by Crippen LogP contribution is -2.54. The first-order valence-electron chi connectivity index (χ1n) is 13.4. The Morgan fingerprint density at radius 1 is 1.06 bits per heavy atom. The lowest BCUT2D eigenvalue weighted by atomic mass is 9.44. The summed E-state index contributed by atoms with van der Waals surface area (Å²) in [5.74, 6) is 2.56. The van der Waals surface area contributed by atoms with E-state index in [0.29, 0.717) is 29.6 Å². The zero-order valence-electron chi connectivity index (χ0n) is 21.2. The lowest BCUT2D eigenvalue weighted by Gasteiger charge is -2.61. The van der Waals surface area contributed by atoms with Crippen LogP contribution in [0.2, 0.25) is 0 Å². The molecule has 9 atom stereocenters. The van der Waals surface area contributed by atoms with Crippen molar-refractivity contribution in [1.29, 1.82) is 0 Å².